The number of amides is 2. The highest BCUT2D eigenvalue weighted by Gasteiger charge is 2.15. The van der Waals surface area contributed by atoms with E-state index in [0.29, 0.717) is 11.3 Å². The monoisotopic (exact) mass is 292 g/mol. The number of hydrogen-bond donors (Lipinski definition) is 1. The molecule has 104 valence electrons. The van der Waals surface area contributed by atoms with Gasteiger partial charge in [-0.15, -0.1) is 0 Å². The molecule has 0 radical (unpaired) electrons. The summed E-state index contributed by atoms with van der Waals surface area (Å²) in [7, 11) is 1.69. The van der Waals surface area contributed by atoms with Gasteiger partial charge >= 0.3 is 5.97 Å². The maximum absolute atomic E-state index is 11.7. The van der Waals surface area contributed by atoms with Gasteiger partial charge in [0.05, 0.1) is 5.56 Å². The van der Waals surface area contributed by atoms with E-state index in [1.165, 1.54) is 11.3 Å². The minimum atomic E-state index is -0.667. The molecule has 0 spiro atoms. The molecule has 2 heterocycles. The lowest BCUT2D eigenvalue weighted by molar-refractivity contribution is -0.123. The fraction of sp³-hybridized carbons (Fsp3) is 0.154. The van der Waals surface area contributed by atoms with E-state index in [4.69, 9.17) is 4.74 Å². The van der Waals surface area contributed by atoms with Gasteiger partial charge in [-0.3, -0.25) is 14.9 Å². The number of nitrogens with one attached hydrogen (secondary N) is 1. The van der Waals surface area contributed by atoms with Gasteiger partial charge in [-0.1, -0.05) is 0 Å². The van der Waals surface area contributed by atoms with Crippen LogP contribution in [0.1, 0.15) is 20.8 Å². The topological polar surface area (TPSA) is 77.4 Å². The van der Waals surface area contributed by atoms with Gasteiger partial charge in [0.1, 0.15) is 5.69 Å². The summed E-state index contributed by atoms with van der Waals surface area (Å²) in [6.45, 7) is -0.495. The number of esters is 1. The van der Waals surface area contributed by atoms with Crippen LogP contribution < -0.4 is 5.32 Å². The smallest absolute Gasteiger partial charge is 0.339 e. The molecule has 0 fully saturated rings. The first-order valence-corrected chi connectivity index (χ1v) is 6.67. The number of aryl methyl sites for hydroxylation is 1. The number of carbonyl (C=O) groups is 3. The Morgan fingerprint density at radius 1 is 1.35 bits per heavy atom. The normalized spacial score (nSPS) is 10.1. The van der Waals surface area contributed by atoms with Gasteiger partial charge in [-0.05, 0) is 23.6 Å². The first-order valence-electron chi connectivity index (χ1n) is 5.73. The molecular formula is C13H12N2O4S. The van der Waals surface area contributed by atoms with Crippen LogP contribution in [0.5, 0.6) is 0 Å². The Hall–Kier alpha value is -2.41. The van der Waals surface area contributed by atoms with Gasteiger partial charge in [0, 0.05) is 18.6 Å². The van der Waals surface area contributed by atoms with Crippen LogP contribution in [0.2, 0.25) is 0 Å². The Morgan fingerprint density at radius 2 is 2.15 bits per heavy atom. The number of carbonyl (C=O) groups excluding carboxylic acids is 3. The Balaban J connectivity index is 1.83. The van der Waals surface area contributed by atoms with Crippen LogP contribution in [0.3, 0.4) is 0 Å². The van der Waals surface area contributed by atoms with Crippen LogP contribution in [0.15, 0.2) is 35.2 Å². The number of aromatic nitrogens is 1. The van der Waals surface area contributed by atoms with Gasteiger partial charge in [-0.2, -0.15) is 11.3 Å². The van der Waals surface area contributed by atoms with Crippen molar-refractivity contribution >= 4 is 29.1 Å². The molecule has 7 heteroatoms. The number of hydrogen-bond acceptors (Lipinski definition) is 5. The summed E-state index contributed by atoms with van der Waals surface area (Å²) in [6, 6.07) is 4.87. The molecule has 0 saturated heterocycles. The summed E-state index contributed by atoms with van der Waals surface area (Å²) >= 11 is 1.35. The van der Waals surface area contributed by atoms with E-state index in [1.807, 2.05) is 0 Å². The summed E-state index contributed by atoms with van der Waals surface area (Å²) in [5, 5.41) is 5.50. The molecule has 0 aromatic carbocycles. The van der Waals surface area contributed by atoms with Crippen molar-refractivity contribution in [3.63, 3.8) is 0 Å². The van der Waals surface area contributed by atoms with Crippen molar-refractivity contribution in [3.05, 3.63) is 46.4 Å². The highest BCUT2D eigenvalue weighted by Crippen LogP contribution is 2.07. The third kappa shape index (κ3) is 3.33. The molecule has 0 aliphatic rings. The van der Waals surface area contributed by atoms with Crippen LogP contribution in [0.25, 0.3) is 0 Å². The predicted molar refractivity (Wildman–Crippen MR) is 72.5 cm³/mol. The molecule has 20 heavy (non-hydrogen) atoms. The van der Waals surface area contributed by atoms with Crippen molar-refractivity contribution in [1.82, 2.24) is 9.88 Å². The van der Waals surface area contributed by atoms with Crippen LogP contribution in [0, 0.1) is 0 Å². The molecule has 0 saturated carbocycles. The zero-order chi connectivity index (χ0) is 14.5. The minimum Gasteiger partial charge on any atom is -0.452 e. The van der Waals surface area contributed by atoms with E-state index in [9.17, 15) is 14.4 Å². The average Bonchev–Trinajstić information content (AvgIpc) is 3.06. The number of rotatable bonds is 4. The maximum Gasteiger partial charge on any atom is 0.339 e. The van der Waals surface area contributed by atoms with E-state index in [2.05, 4.69) is 5.32 Å². The second-order valence-electron chi connectivity index (χ2n) is 3.97. The maximum atomic E-state index is 11.7. The third-order valence-electron chi connectivity index (χ3n) is 2.52. The Kier molecular flexibility index (Phi) is 4.31. The van der Waals surface area contributed by atoms with Crippen LogP contribution in [-0.2, 0) is 16.6 Å². The van der Waals surface area contributed by atoms with Crippen molar-refractivity contribution < 1.29 is 19.1 Å². The van der Waals surface area contributed by atoms with Crippen LogP contribution >= 0.6 is 11.3 Å². The SMILES string of the molecule is Cn1cccc1C(=O)NC(=O)COC(=O)c1ccsc1. The number of nitrogens with zero attached hydrogens (tertiary/aromatic N) is 1. The lowest BCUT2D eigenvalue weighted by Gasteiger charge is -2.05. The number of imide groups is 1. The first kappa shape index (κ1) is 14.0. The Labute approximate surface area is 119 Å². The van der Waals surface area contributed by atoms with E-state index in [-0.39, 0.29) is 0 Å². The molecule has 2 amide bonds. The zero-order valence-electron chi connectivity index (χ0n) is 10.7. The molecule has 2 aromatic heterocycles. The van der Waals surface area contributed by atoms with Gasteiger partial charge in [0.15, 0.2) is 6.61 Å². The quantitative estimate of drug-likeness (QED) is 0.859. The molecule has 0 atom stereocenters. The predicted octanol–water partition coefficient (Wildman–Crippen LogP) is 1.20. The van der Waals surface area contributed by atoms with Crippen molar-refractivity contribution in [2.75, 3.05) is 6.61 Å². The van der Waals surface area contributed by atoms with Gasteiger partial charge in [0.2, 0.25) is 0 Å². The molecule has 0 aliphatic heterocycles. The van der Waals surface area contributed by atoms with Gasteiger partial charge in [-0.25, -0.2) is 4.79 Å². The van der Waals surface area contributed by atoms with Crippen molar-refractivity contribution in [1.29, 1.82) is 0 Å². The number of ether oxygens (including phenoxy) is 1. The van der Waals surface area contributed by atoms with E-state index < -0.39 is 24.4 Å². The lowest BCUT2D eigenvalue weighted by atomic mass is 10.3. The summed E-state index contributed by atoms with van der Waals surface area (Å²) in [5.41, 5.74) is 0.735. The second kappa shape index (κ2) is 6.16. The summed E-state index contributed by atoms with van der Waals surface area (Å²) in [5.74, 6) is -1.79. The van der Waals surface area contributed by atoms with E-state index >= 15 is 0 Å². The highest BCUT2D eigenvalue weighted by molar-refractivity contribution is 7.08. The van der Waals surface area contributed by atoms with Crippen molar-refractivity contribution in [2.24, 2.45) is 7.05 Å². The molecular weight excluding hydrogens is 280 g/mol. The Morgan fingerprint density at radius 3 is 2.75 bits per heavy atom. The minimum absolute atomic E-state index is 0.350. The molecule has 6 nitrogen and oxygen atoms in total. The summed E-state index contributed by atoms with van der Waals surface area (Å²) in [4.78, 5) is 34.7. The average molecular weight is 292 g/mol. The molecule has 0 unspecified atom stereocenters. The summed E-state index contributed by atoms with van der Waals surface area (Å²) in [6.07, 6.45) is 1.69. The second-order valence-corrected chi connectivity index (χ2v) is 4.75. The van der Waals surface area contributed by atoms with Gasteiger partial charge < -0.3 is 9.30 Å². The molecule has 2 rings (SSSR count). The fourth-order valence-corrected chi connectivity index (χ4v) is 2.14. The van der Waals surface area contributed by atoms with Crippen molar-refractivity contribution in [2.45, 2.75) is 0 Å². The third-order valence-corrected chi connectivity index (χ3v) is 3.20. The summed E-state index contributed by atoms with van der Waals surface area (Å²) < 4.78 is 6.38. The largest absolute Gasteiger partial charge is 0.452 e. The highest BCUT2D eigenvalue weighted by atomic mass is 32.1. The standard InChI is InChI=1S/C13H12N2O4S/c1-15-5-2-3-10(15)12(17)14-11(16)7-19-13(18)9-4-6-20-8-9/h2-6,8H,7H2,1H3,(H,14,16,17). The van der Waals surface area contributed by atoms with Crippen LogP contribution in [0.4, 0.5) is 0 Å². The van der Waals surface area contributed by atoms with Crippen molar-refractivity contribution in [3.8, 4) is 0 Å². The van der Waals surface area contributed by atoms with Gasteiger partial charge in [0.25, 0.3) is 11.8 Å². The lowest BCUT2D eigenvalue weighted by Crippen LogP contribution is -2.35. The fourth-order valence-electron chi connectivity index (χ4n) is 1.52. The van der Waals surface area contributed by atoms with E-state index in [1.54, 1.807) is 46.8 Å². The molecule has 2 aromatic rings. The Bertz CT molecular complexity index is 631. The van der Waals surface area contributed by atoms with Crippen LogP contribution in [-0.4, -0.2) is 29.0 Å². The molecule has 1 N–H and O–H groups in total. The molecule has 0 bridgehead atoms. The van der Waals surface area contributed by atoms with E-state index in [0.717, 1.165) is 0 Å². The zero-order valence-corrected chi connectivity index (χ0v) is 11.5. The number of thiophene rings is 1. The molecule has 0 aliphatic carbocycles. The first-order chi connectivity index (χ1) is 9.58.